The van der Waals surface area contributed by atoms with Crippen LogP contribution in [0.1, 0.15) is 83.1 Å². The molecule has 2 saturated heterocycles. The number of aldehydes is 1. The Morgan fingerprint density at radius 2 is 1.11 bits per heavy atom. The van der Waals surface area contributed by atoms with Crippen molar-refractivity contribution in [3.8, 4) is 0 Å². The number of carbonyl (C=O) groups excluding carboxylic acids is 1. The van der Waals surface area contributed by atoms with E-state index in [2.05, 4.69) is 83.1 Å². The van der Waals surface area contributed by atoms with Crippen molar-refractivity contribution < 1.29 is 22.5 Å². The Kier molecular flexibility index (Phi) is 6.04. The monoisotopic (exact) mass is 430 g/mol. The van der Waals surface area contributed by atoms with Gasteiger partial charge in [0.15, 0.2) is 0 Å². The molecule has 0 amide bonds. The summed E-state index contributed by atoms with van der Waals surface area (Å²) in [5.41, 5.74) is 0. The molecule has 0 saturated carbocycles. The standard InChI is InChI=1S/C21H42O5Si2/c1-18(2,3)27(19(4,5)6)23-14-16-17(26-27)15(13-22)24-28(25-16,20(7,8)9)21(10,11)12/h13,15-17H,14H2,1-12H3/t15-,16+,17-/m0/s1. The summed E-state index contributed by atoms with van der Waals surface area (Å²) in [6.45, 7) is 26.4. The van der Waals surface area contributed by atoms with E-state index in [1.807, 2.05) is 0 Å². The SMILES string of the molecule is CC(C)(C)[Si]1(C(C)(C)C)OC[C@H]2O[Si](C(C)(C)C)(C(C)(C)C)O[C@@H](C=O)[C@@H]2O1. The lowest BCUT2D eigenvalue weighted by Crippen LogP contribution is -2.74. The molecule has 5 nitrogen and oxygen atoms in total. The minimum atomic E-state index is -2.79. The molecule has 0 N–H and O–H groups in total. The maximum atomic E-state index is 12.2. The molecule has 0 bridgehead atoms. The Morgan fingerprint density at radius 1 is 0.679 bits per heavy atom. The van der Waals surface area contributed by atoms with E-state index in [4.69, 9.17) is 17.7 Å². The maximum Gasteiger partial charge on any atom is 0.350 e. The predicted octanol–water partition coefficient (Wildman–Crippen LogP) is 5.47. The highest BCUT2D eigenvalue weighted by Gasteiger charge is 2.69. The first-order valence-corrected chi connectivity index (χ1v) is 14.1. The lowest BCUT2D eigenvalue weighted by atomic mass is 10.1. The quantitative estimate of drug-likeness (QED) is 0.408. The second kappa shape index (κ2) is 6.99. The number of fused-ring (bicyclic) bond motifs is 1. The van der Waals surface area contributed by atoms with Crippen LogP contribution in [0.5, 0.6) is 0 Å². The maximum absolute atomic E-state index is 12.2. The third-order valence-corrected chi connectivity index (χ3v) is 16.5. The first-order valence-electron chi connectivity index (χ1n) is 10.5. The molecule has 2 aliphatic heterocycles. The zero-order valence-corrected chi connectivity index (χ0v) is 22.1. The van der Waals surface area contributed by atoms with Gasteiger partial charge in [0.2, 0.25) is 0 Å². The van der Waals surface area contributed by atoms with Gasteiger partial charge in [-0.15, -0.1) is 0 Å². The molecule has 0 spiro atoms. The summed E-state index contributed by atoms with van der Waals surface area (Å²) in [6.07, 6.45) is -0.389. The Labute approximate surface area is 174 Å². The molecule has 3 atom stereocenters. The van der Waals surface area contributed by atoms with Crippen LogP contribution in [0.2, 0.25) is 20.2 Å². The van der Waals surface area contributed by atoms with Gasteiger partial charge < -0.3 is 22.5 Å². The van der Waals surface area contributed by atoms with E-state index in [-0.39, 0.29) is 26.3 Å². The van der Waals surface area contributed by atoms with Crippen LogP contribution >= 0.6 is 0 Å². The van der Waals surface area contributed by atoms with Gasteiger partial charge in [0.25, 0.3) is 0 Å². The topological polar surface area (TPSA) is 54.0 Å². The second-order valence-electron chi connectivity index (χ2n) is 12.5. The van der Waals surface area contributed by atoms with Crippen LogP contribution in [-0.2, 0) is 22.5 Å². The lowest BCUT2D eigenvalue weighted by Gasteiger charge is -2.61. The number of carbonyl (C=O) groups is 1. The van der Waals surface area contributed by atoms with Gasteiger partial charge in [-0.1, -0.05) is 83.1 Å². The van der Waals surface area contributed by atoms with E-state index in [1.165, 1.54) is 0 Å². The minimum Gasteiger partial charge on any atom is -0.391 e. The zero-order chi connectivity index (χ0) is 22.0. The van der Waals surface area contributed by atoms with Crippen molar-refractivity contribution in [2.45, 2.75) is 122 Å². The Hall–Kier alpha value is -0.0562. The van der Waals surface area contributed by atoms with Crippen molar-refractivity contribution in [3.63, 3.8) is 0 Å². The van der Waals surface area contributed by atoms with Crippen molar-refractivity contribution in [3.05, 3.63) is 0 Å². The first kappa shape index (κ1) is 24.2. The zero-order valence-electron chi connectivity index (χ0n) is 20.1. The van der Waals surface area contributed by atoms with Crippen molar-refractivity contribution >= 4 is 23.4 Å². The molecule has 0 unspecified atom stereocenters. The fourth-order valence-electron chi connectivity index (χ4n) is 5.32. The normalized spacial score (nSPS) is 31.2. The van der Waals surface area contributed by atoms with Gasteiger partial charge in [-0.3, -0.25) is 0 Å². The van der Waals surface area contributed by atoms with E-state index < -0.39 is 29.3 Å². The molecule has 0 aromatic carbocycles. The highest BCUT2D eigenvalue weighted by molar-refractivity contribution is 6.74. The third kappa shape index (κ3) is 3.60. The third-order valence-electron chi connectivity index (χ3n) is 6.15. The predicted molar refractivity (Wildman–Crippen MR) is 117 cm³/mol. The minimum absolute atomic E-state index is 0.149. The van der Waals surface area contributed by atoms with E-state index >= 15 is 0 Å². The van der Waals surface area contributed by atoms with Gasteiger partial charge in [0.05, 0.1) is 12.7 Å². The molecule has 2 heterocycles. The largest absolute Gasteiger partial charge is 0.391 e. The molecule has 2 fully saturated rings. The van der Waals surface area contributed by atoms with Gasteiger partial charge in [-0.2, -0.15) is 0 Å². The molecule has 164 valence electrons. The first-order chi connectivity index (χ1) is 12.3. The number of rotatable bonds is 1. The summed E-state index contributed by atoms with van der Waals surface area (Å²) in [5.74, 6) is 0. The van der Waals surface area contributed by atoms with Gasteiger partial charge in [-0.05, 0) is 0 Å². The molecule has 7 heteroatoms. The summed E-state index contributed by atoms with van der Waals surface area (Å²) in [5, 5.41) is -0.692. The molecule has 2 rings (SSSR count). The van der Waals surface area contributed by atoms with Crippen molar-refractivity contribution in [2.75, 3.05) is 6.61 Å². The Balaban J connectivity index is 2.51. The Morgan fingerprint density at radius 3 is 1.46 bits per heavy atom. The van der Waals surface area contributed by atoms with E-state index in [0.717, 1.165) is 6.29 Å². The molecule has 2 aliphatic rings. The van der Waals surface area contributed by atoms with Crippen LogP contribution in [0.15, 0.2) is 0 Å². The van der Waals surface area contributed by atoms with E-state index in [9.17, 15) is 4.79 Å². The molecular formula is C21H42O5Si2. The highest BCUT2D eigenvalue weighted by atomic mass is 28.4. The fourth-order valence-corrected chi connectivity index (χ4v) is 15.2. The molecule has 0 aromatic rings. The van der Waals surface area contributed by atoms with Crippen LogP contribution < -0.4 is 0 Å². The van der Waals surface area contributed by atoms with Crippen LogP contribution in [0.25, 0.3) is 0 Å². The Bertz CT molecular complexity index is 564. The van der Waals surface area contributed by atoms with Crippen LogP contribution in [0.3, 0.4) is 0 Å². The van der Waals surface area contributed by atoms with Crippen molar-refractivity contribution in [2.24, 2.45) is 0 Å². The number of hydrogen-bond acceptors (Lipinski definition) is 5. The molecule has 0 aliphatic carbocycles. The fraction of sp³-hybridized carbons (Fsp3) is 0.952. The van der Waals surface area contributed by atoms with Crippen LogP contribution in [0.4, 0.5) is 0 Å². The van der Waals surface area contributed by atoms with Crippen LogP contribution in [-0.4, -0.2) is 48.3 Å². The van der Waals surface area contributed by atoms with E-state index in [1.54, 1.807) is 0 Å². The summed E-state index contributed by atoms with van der Waals surface area (Å²) < 4.78 is 26.8. The molecule has 0 radical (unpaired) electrons. The average molecular weight is 431 g/mol. The van der Waals surface area contributed by atoms with E-state index in [0.29, 0.717) is 6.61 Å². The highest BCUT2D eigenvalue weighted by Crippen LogP contribution is 2.59. The van der Waals surface area contributed by atoms with Crippen molar-refractivity contribution in [1.29, 1.82) is 0 Å². The summed E-state index contributed by atoms with van der Waals surface area (Å²) >= 11 is 0. The lowest BCUT2D eigenvalue weighted by molar-refractivity contribution is -0.163. The summed E-state index contributed by atoms with van der Waals surface area (Å²) in [4.78, 5) is 12.2. The van der Waals surface area contributed by atoms with Gasteiger partial charge in [0.1, 0.15) is 18.5 Å². The van der Waals surface area contributed by atoms with Gasteiger partial charge in [0, 0.05) is 20.2 Å². The smallest absolute Gasteiger partial charge is 0.350 e. The second-order valence-corrected chi connectivity index (χ2v) is 22.0. The van der Waals surface area contributed by atoms with Crippen molar-refractivity contribution in [1.82, 2.24) is 0 Å². The van der Waals surface area contributed by atoms with Crippen LogP contribution in [0, 0.1) is 0 Å². The molecule has 28 heavy (non-hydrogen) atoms. The van der Waals surface area contributed by atoms with Gasteiger partial charge >= 0.3 is 17.1 Å². The van der Waals surface area contributed by atoms with Gasteiger partial charge in [-0.25, -0.2) is 0 Å². The molecule has 0 aromatic heterocycles. The summed E-state index contributed by atoms with van der Waals surface area (Å²) in [7, 11) is -5.49. The average Bonchev–Trinajstić information content (AvgIpc) is 2.48. The molecular weight excluding hydrogens is 388 g/mol. The number of hydrogen-bond donors (Lipinski definition) is 0. The summed E-state index contributed by atoms with van der Waals surface area (Å²) in [6, 6.07) is 0.